The average molecular weight is 719 g/mol. The summed E-state index contributed by atoms with van der Waals surface area (Å²) in [6.45, 7) is 18.5. The zero-order valence-electron chi connectivity index (χ0n) is 31.9. The largest absolute Gasteiger partial charge is 0.465 e. The highest BCUT2D eigenvalue weighted by Gasteiger charge is 2.45. The molecule has 1 amide bonds. The molecule has 2 fully saturated rings. The number of hydrogen-bond acceptors (Lipinski definition) is 8. The number of methoxy groups -OCH3 is 1. The number of anilines is 1. The summed E-state index contributed by atoms with van der Waals surface area (Å²) in [7, 11) is 1.38. The first kappa shape index (κ1) is 38.4. The summed E-state index contributed by atoms with van der Waals surface area (Å²) in [5, 5.41) is 8.81. The standard InChI is InChI=1S/C33H36N6O4.C4H10.C2H6.CH4S.H2/c1-4-9-43-17-39-18(2)23-6-7-27(30(23)36-39)34-32(40)26-16-38-13-19-5-8-28(37-14-21-10-22(21)15-37)35-29(19)25-12-20(33(41)42-3)11-24(26)31(25)38;1-4(2)3;2*1-2;/h5,8,11-12,16,21-22,27H,4,6-7,9-10,13-15,17H2,1-3H3,(H,34,40);4H,1-3H3;1-2H3;2H,1H3;1H. The molecule has 0 radical (unpaired) electrons. The summed E-state index contributed by atoms with van der Waals surface area (Å²) in [4.78, 5) is 34.3. The number of piperidine rings is 1. The molecule has 4 aromatic rings. The minimum Gasteiger partial charge on any atom is -0.465 e. The van der Waals surface area contributed by atoms with Gasteiger partial charge in [0.05, 0.1) is 41.2 Å². The van der Waals surface area contributed by atoms with Crippen LogP contribution in [0.1, 0.15) is 112 Å². The van der Waals surface area contributed by atoms with Gasteiger partial charge in [0.25, 0.3) is 5.91 Å². The van der Waals surface area contributed by atoms with E-state index in [0.717, 1.165) is 95.0 Å². The van der Waals surface area contributed by atoms with Crippen molar-refractivity contribution in [2.24, 2.45) is 17.8 Å². The Bertz CT molecular complexity index is 1860. The minimum atomic E-state index is -0.438. The van der Waals surface area contributed by atoms with Crippen LogP contribution in [0.5, 0.6) is 0 Å². The number of rotatable bonds is 8. The Morgan fingerprint density at radius 1 is 1.12 bits per heavy atom. The van der Waals surface area contributed by atoms with Gasteiger partial charge in [-0.05, 0) is 85.9 Å². The molecule has 3 aromatic heterocycles. The van der Waals surface area contributed by atoms with Gasteiger partial charge in [-0.25, -0.2) is 14.5 Å². The Kier molecular flexibility index (Phi) is 12.6. The van der Waals surface area contributed by atoms with Crippen molar-refractivity contribution in [2.75, 3.05) is 38.0 Å². The molecule has 1 saturated heterocycles. The summed E-state index contributed by atoms with van der Waals surface area (Å²) >= 11 is 3.53. The van der Waals surface area contributed by atoms with Crippen molar-refractivity contribution in [2.45, 2.75) is 93.5 Å². The van der Waals surface area contributed by atoms with Crippen LogP contribution in [-0.4, -0.2) is 64.3 Å². The minimum absolute atomic E-state index is 0. The van der Waals surface area contributed by atoms with Crippen molar-refractivity contribution < 1.29 is 20.5 Å². The number of aromatic nitrogens is 4. The first-order chi connectivity index (χ1) is 24.7. The number of esters is 1. The summed E-state index contributed by atoms with van der Waals surface area (Å²) < 4.78 is 14.9. The molecule has 0 spiro atoms. The van der Waals surface area contributed by atoms with Gasteiger partial charge < -0.3 is 24.3 Å². The van der Waals surface area contributed by atoms with Crippen LogP contribution in [0, 0.1) is 24.7 Å². The Morgan fingerprint density at radius 2 is 1.82 bits per heavy atom. The van der Waals surface area contributed by atoms with Gasteiger partial charge in [-0.3, -0.25) is 4.79 Å². The SMILES string of the molecule is CC.CC(C)C.CCCOCn1nc2c(c1C)CCC2NC(=O)c1cn2c3c(cc(C(=O)OC)cc13)-c1nc(N3CC4CC4C3)ccc1C2.CS.[HH]. The van der Waals surface area contributed by atoms with Gasteiger partial charge in [0.2, 0.25) is 0 Å². The van der Waals surface area contributed by atoms with Gasteiger partial charge in [-0.2, -0.15) is 17.7 Å². The lowest BCUT2D eigenvalue weighted by Crippen LogP contribution is -2.27. The molecule has 3 unspecified atom stereocenters. The van der Waals surface area contributed by atoms with E-state index in [1.807, 2.05) is 30.8 Å². The molecule has 4 aliphatic rings. The molecular formula is C40H58N6O4S. The molecule has 10 nitrogen and oxygen atoms in total. The molecule has 1 N–H and O–H groups in total. The average Bonchev–Trinajstić information content (AvgIpc) is 3.46. The van der Waals surface area contributed by atoms with E-state index < -0.39 is 5.97 Å². The van der Waals surface area contributed by atoms with Gasteiger partial charge >= 0.3 is 5.97 Å². The number of pyridine rings is 1. The maximum Gasteiger partial charge on any atom is 0.337 e. The van der Waals surface area contributed by atoms with Crippen LogP contribution in [0.15, 0.2) is 30.5 Å². The van der Waals surface area contributed by atoms with Crippen molar-refractivity contribution in [3.8, 4) is 11.3 Å². The fourth-order valence-corrected chi connectivity index (χ4v) is 7.36. The highest BCUT2D eigenvalue weighted by molar-refractivity contribution is 7.79. The number of hydrogen-bond donors (Lipinski definition) is 2. The molecule has 8 rings (SSSR count). The second-order valence-electron chi connectivity index (χ2n) is 14.2. The van der Waals surface area contributed by atoms with Crippen LogP contribution < -0.4 is 10.2 Å². The van der Waals surface area contributed by atoms with Gasteiger partial charge in [0, 0.05) is 50.5 Å². The number of ether oxygens (including phenoxy) is 2. The van der Waals surface area contributed by atoms with Crippen molar-refractivity contribution >= 4 is 41.2 Å². The van der Waals surface area contributed by atoms with Gasteiger partial charge in [0.1, 0.15) is 12.5 Å². The monoisotopic (exact) mass is 718 g/mol. The third-order valence-electron chi connectivity index (χ3n) is 9.74. The third-order valence-corrected chi connectivity index (χ3v) is 9.74. The van der Waals surface area contributed by atoms with Crippen molar-refractivity contribution in [1.29, 1.82) is 0 Å². The lowest BCUT2D eigenvalue weighted by atomic mass is 9.96. The van der Waals surface area contributed by atoms with E-state index >= 15 is 0 Å². The van der Waals surface area contributed by atoms with Crippen LogP contribution in [-0.2, 0) is 29.2 Å². The Morgan fingerprint density at radius 3 is 2.49 bits per heavy atom. The van der Waals surface area contributed by atoms with Crippen LogP contribution in [0.4, 0.5) is 5.82 Å². The van der Waals surface area contributed by atoms with E-state index in [0.29, 0.717) is 31.0 Å². The molecule has 51 heavy (non-hydrogen) atoms. The van der Waals surface area contributed by atoms with Crippen molar-refractivity contribution in [3.63, 3.8) is 0 Å². The summed E-state index contributed by atoms with van der Waals surface area (Å²) in [6.07, 6.45) is 7.55. The van der Waals surface area contributed by atoms with E-state index in [4.69, 9.17) is 19.6 Å². The van der Waals surface area contributed by atoms with Crippen LogP contribution in [0.2, 0.25) is 0 Å². The molecular weight excluding hydrogens is 661 g/mol. The van der Waals surface area contributed by atoms with E-state index in [9.17, 15) is 9.59 Å². The zero-order valence-corrected chi connectivity index (χ0v) is 32.8. The molecule has 3 atom stereocenters. The van der Waals surface area contributed by atoms with Crippen LogP contribution >= 0.6 is 12.6 Å². The molecule has 0 bridgehead atoms. The molecule has 278 valence electrons. The molecule has 1 aromatic carbocycles. The number of amides is 1. The van der Waals surface area contributed by atoms with Crippen molar-refractivity contribution in [1.82, 2.24) is 24.6 Å². The fourth-order valence-electron chi connectivity index (χ4n) is 7.36. The van der Waals surface area contributed by atoms with Crippen LogP contribution in [0.25, 0.3) is 22.2 Å². The second-order valence-corrected chi connectivity index (χ2v) is 14.2. The third kappa shape index (κ3) is 7.84. The number of thiol groups is 1. The highest BCUT2D eigenvalue weighted by atomic mass is 32.1. The van der Waals surface area contributed by atoms with Crippen LogP contribution in [0.3, 0.4) is 0 Å². The Hall–Kier alpha value is -3.83. The van der Waals surface area contributed by atoms with Gasteiger partial charge in [-0.15, -0.1) is 0 Å². The number of carbonyl (C=O) groups excluding carboxylic acids is 2. The predicted molar refractivity (Wildman–Crippen MR) is 210 cm³/mol. The lowest BCUT2D eigenvalue weighted by Gasteiger charge is -2.24. The Balaban J connectivity index is 0.000000622. The van der Waals surface area contributed by atoms with E-state index in [-0.39, 0.29) is 13.4 Å². The number of nitrogens with one attached hydrogen (secondary N) is 1. The highest BCUT2D eigenvalue weighted by Crippen LogP contribution is 2.47. The number of fused-ring (bicyclic) bond motifs is 4. The van der Waals surface area contributed by atoms with E-state index in [1.165, 1.54) is 19.1 Å². The molecule has 2 aliphatic carbocycles. The normalized spacial score (nSPS) is 18.7. The summed E-state index contributed by atoms with van der Waals surface area (Å²) in [5.74, 6) is 2.79. The Labute approximate surface area is 310 Å². The zero-order chi connectivity index (χ0) is 37.0. The summed E-state index contributed by atoms with van der Waals surface area (Å²) in [5.41, 5.74) is 7.85. The first-order valence-electron chi connectivity index (χ1n) is 18.6. The van der Waals surface area contributed by atoms with Crippen molar-refractivity contribution in [3.05, 3.63) is 64.1 Å². The van der Waals surface area contributed by atoms with E-state index in [2.05, 4.69) is 74.2 Å². The predicted octanol–water partition coefficient (Wildman–Crippen LogP) is 8.09. The first-order valence-corrected chi connectivity index (χ1v) is 19.5. The number of benzene rings is 1. The topological polar surface area (TPSA) is 104 Å². The van der Waals surface area contributed by atoms with Gasteiger partial charge in [-0.1, -0.05) is 47.6 Å². The number of carbonyl (C=O) groups is 2. The fraction of sp³-hybridized carbons (Fsp3) is 0.550. The summed E-state index contributed by atoms with van der Waals surface area (Å²) in [6, 6.07) is 7.71. The number of nitrogens with zero attached hydrogens (tertiary/aromatic N) is 5. The van der Waals surface area contributed by atoms with E-state index in [1.54, 1.807) is 12.3 Å². The maximum atomic E-state index is 14.0. The maximum absolute atomic E-state index is 14.0. The smallest absolute Gasteiger partial charge is 0.337 e. The molecule has 2 aliphatic heterocycles. The molecule has 11 heteroatoms. The molecule has 5 heterocycles. The van der Waals surface area contributed by atoms with Gasteiger partial charge in [0.15, 0.2) is 0 Å². The second kappa shape index (κ2) is 16.7. The molecule has 1 saturated carbocycles. The quantitative estimate of drug-likeness (QED) is 0.0950. The lowest BCUT2D eigenvalue weighted by molar-refractivity contribution is 0.0600.